The van der Waals surface area contributed by atoms with Crippen LogP contribution in [0.25, 0.3) is 0 Å². The average Bonchev–Trinajstić information content (AvgIpc) is 2.16. The summed E-state index contributed by atoms with van der Waals surface area (Å²) in [6.45, 7) is 5.03. The number of carbonyl (C=O) groups is 1. The molecule has 1 fully saturated rings. The summed E-state index contributed by atoms with van der Waals surface area (Å²) < 4.78 is 5.06. The Balaban J connectivity index is 2.15. The third-order valence-electron chi connectivity index (χ3n) is 2.79. The number of rotatable bonds is 1. The molecule has 0 spiro atoms. The van der Waals surface area contributed by atoms with Gasteiger partial charge in [0.25, 0.3) is 0 Å². The lowest BCUT2D eigenvalue weighted by Gasteiger charge is -2.26. The quantitative estimate of drug-likeness (QED) is 0.693. The number of allylic oxidation sites excluding steroid dienone is 2. The predicted octanol–water partition coefficient (Wildman–Crippen LogP) is 2.21. The zero-order valence-corrected chi connectivity index (χ0v) is 8.54. The van der Waals surface area contributed by atoms with Crippen molar-refractivity contribution in [3.8, 4) is 0 Å². The van der Waals surface area contributed by atoms with Gasteiger partial charge in [0.1, 0.15) is 5.76 Å². The first-order chi connectivity index (χ1) is 6.66. The van der Waals surface area contributed by atoms with E-state index in [9.17, 15) is 4.79 Å². The molecule has 0 aromatic heterocycles. The van der Waals surface area contributed by atoms with Crippen molar-refractivity contribution in [3.63, 3.8) is 0 Å². The number of amides is 1. The van der Waals surface area contributed by atoms with Crippen molar-refractivity contribution in [1.82, 2.24) is 5.32 Å². The molecule has 1 amide bonds. The van der Waals surface area contributed by atoms with E-state index < -0.39 is 0 Å². The van der Waals surface area contributed by atoms with Gasteiger partial charge in [-0.25, -0.2) is 4.79 Å². The van der Waals surface area contributed by atoms with Crippen LogP contribution in [-0.2, 0) is 4.74 Å². The predicted molar refractivity (Wildman–Crippen MR) is 53.6 cm³/mol. The van der Waals surface area contributed by atoms with Crippen LogP contribution < -0.4 is 5.32 Å². The minimum Gasteiger partial charge on any atom is -0.410 e. The summed E-state index contributed by atoms with van der Waals surface area (Å²) in [7, 11) is 0. The molecular formula is C11H15NO2. The highest BCUT2D eigenvalue weighted by atomic mass is 16.6. The summed E-state index contributed by atoms with van der Waals surface area (Å²) in [6.07, 6.45) is 4.89. The lowest BCUT2D eigenvalue weighted by Crippen LogP contribution is -2.34. The third kappa shape index (κ3) is 1.67. The standard InChI is InChI=1S/C11H15NO2/c1-7(2)8-3-4-10-9(5-8)6-12-11(13)14-10/h4-5,7-8H,3,6H2,1-2H3,(H,12,13). The molecule has 2 rings (SSSR count). The fourth-order valence-corrected chi connectivity index (χ4v) is 1.80. The van der Waals surface area contributed by atoms with Crippen LogP contribution in [0.2, 0.25) is 0 Å². The van der Waals surface area contributed by atoms with E-state index in [0.717, 1.165) is 17.8 Å². The van der Waals surface area contributed by atoms with Crippen LogP contribution in [0.4, 0.5) is 4.79 Å². The van der Waals surface area contributed by atoms with Gasteiger partial charge in [0.2, 0.25) is 0 Å². The minimum absolute atomic E-state index is 0.337. The highest BCUT2D eigenvalue weighted by Crippen LogP contribution is 2.29. The first kappa shape index (κ1) is 9.31. The van der Waals surface area contributed by atoms with Crippen LogP contribution in [0.5, 0.6) is 0 Å². The summed E-state index contributed by atoms with van der Waals surface area (Å²) in [4.78, 5) is 10.9. The van der Waals surface area contributed by atoms with Crippen LogP contribution in [0, 0.1) is 11.8 Å². The van der Waals surface area contributed by atoms with Gasteiger partial charge in [0.05, 0.1) is 0 Å². The van der Waals surface area contributed by atoms with Crippen molar-refractivity contribution in [2.45, 2.75) is 20.3 Å². The maximum absolute atomic E-state index is 10.9. The zero-order valence-electron chi connectivity index (χ0n) is 8.54. The van der Waals surface area contributed by atoms with E-state index in [1.807, 2.05) is 6.08 Å². The monoisotopic (exact) mass is 193 g/mol. The Morgan fingerprint density at radius 1 is 1.57 bits per heavy atom. The van der Waals surface area contributed by atoms with Gasteiger partial charge in [-0.2, -0.15) is 0 Å². The number of nitrogens with one attached hydrogen (secondary N) is 1. The summed E-state index contributed by atoms with van der Waals surface area (Å²) in [5.41, 5.74) is 1.12. The van der Waals surface area contributed by atoms with Gasteiger partial charge >= 0.3 is 6.09 Å². The molecule has 3 heteroatoms. The summed E-state index contributed by atoms with van der Waals surface area (Å²) in [5.74, 6) is 1.97. The highest BCUT2D eigenvalue weighted by Gasteiger charge is 2.24. The van der Waals surface area contributed by atoms with Crippen LogP contribution in [-0.4, -0.2) is 12.6 Å². The van der Waals surface area contributed by atoms with E-state index in [1.54, 1.807) is 0 Å². The normalized spacial score (nSPS) is 25.9. The molecule has 1 saturated heterocycles. The fourth-order valence-electron chi connectivity index (χ4n) is 1.80. The number of alkyl carbamates (subject to hydrolysis) is 1. The molecule has 1 heterocycles. The van der Waals surface area contributed by atoms with Crippen molar-refractivity contribution in [1.29, 1.82) is 0 Å². The first-order valence-electron chi connectivity index (χ1n) is 5.03. The Bertz CT molecular complexity index is 315. The molecule has 1 aliphatic carbocycles. The largest absolute Gasteiger partial charge is 0.412 e. The Labute approximate surface area is 83.8 Å². The lowest BCUT2D eigenvalue weighted by atomic mass is 9.86. The maximum Gasteiger partial charge on any atom is 0.412 e. The molecule has 2 aliphatic rings. The topological polar surface area (TPSA) is 38.3 Å². The smallest absolute Gasteiger partial charge is 0.410 e. The fraction of sp³-hybridized carbons (Fsp3) is 0.545. The first-order valence-corrected chi connectivity index (χ1v) is 5.03. The van der Waals surface area contributed by atoms with E-state index in [2.05, 4.69) is 25.2 Å². The van der Waals surface area contributed by atoms with Crippen LogP contribution in [0.15, 0.2) is 23.5 Å². The second kappa shape index (κ2) is 3.48. The van der Waals surface area contributed by atoms with Gasteiger partial charge in [0, 0.05) is 12.1 Å². The van der Waals surface area contributed by atoms with Crippen molar-refractivity contribution in [2.75, 3.05) is 6.54 Å². The van der Waals surface area contributed by atoms with Crippen molar-refractivity contribution in [2.24, 2.45) is 11.8 Å². The second-order valence-electron chi connectivity index (χ2n) is 4.15. The summed E-state index contributed by atoms with van der Waals surface area (Å²) >= 11 is 0. The number of hydrogen-bond donors (Lipinski definition) is 1. The van der Waals surface area contributed by atoms with Crippen molar-refractivity contribution in [3.05, 3.63) is 23.5 Å². The average molecular weight is 193 g/mol. The van der Waals surface area contributed by atoms with Gasteiger partial charge in [-0.1, -0.05) is 19.9 Å². The highest BCUT2D eigenvalue weighted by molar-refractivity contribution is 5.72. The number of hydrogen-bond acceptors (Lipinski definition) is 2. The van der Waals surface area contributed by atoms with Crippen molar-refractivity contribution >= 4 is 6.09 Å². The Hall–Kier alpha value is -1.25. The number of ether oxygens (including phenoxy) is 1. The molecule has 1 atom stereocenters. The van der Waals surface area contributed by atoms with Crippen LogP contribution >= 0.6 is 0 Å². The Morgan fingerprint density at radius 3 is 3.07 bits per heavy atom. The van der Waals surface area contributed by atoms with E-state index >= 15 is 0 Å². The van der Waals surface area contributed by atoms with Crippen LogP contribution in [0.1, 0.15) is 20.3 Å². The molecule has 3 nitrogen and oxygen atoms in total. The van der Waals surface area contributed by atoms with Gasteiger partial charge in [-0.15, -0.1) is 0 Å². The molecule has 0 aromatic carbocycles. The van der Waals surface area contributed by atoms with Gasteiger partial charge in [0.15, 0.2) is 0 Å². The molecule has 1 aliphatic heterocycles. The molecular weight excluding hydrogens is 178 g/mol. The molecule has 0 aromatic rings. The van der Waals surface area contributed by atoms with Gasteiger partial charge < -0.3 is 10.1 Å². The van der Waals surface area contributed by atoms with E-state index in [1.165, 1.54) is 0 Å². The van der Waals surface area contributed by atoms with Gasteiger partial charge in [-0.3, -0.25) is 0 Å². The SMILES string of the molecule is CC(C)C1C=C2CNC(=O)OC2=CC1. The molecule has 0 bridgehead atoms. The summed E-state index contributed by atoms with van der Waals surface area (Å²) in [6, 6.07) is 0. The molecule has 0 saturated carbocycles. The van der Waals surface area contributed by atoms with Crippen LogP contribution in [0.3, 0.4) is 0 Å². The van der Waals surface area contributed by atoms with Crippen molar-refractivity contribution < 1.29 is 9.53 Å². The lowest BCUT2D eigenvalue weighted by molar-refractivity contribution is 0.170. The zero-order chi connectivity index (χ0) is 10.1. The summed E-state index contributed by atoms with van der Waals surface area (Å²) in [5, 5.41) is 2.67. The second-order valence-corrected chi connectivity index (χ2v) is 4.15. The number of carbonyl (C=O) groups excluding carboxylic acids is 1. The Morgan fingerprint density at radius 2 is 2.36 bits per heavy atom. The molecule has 0 radical (unpaired) electrons. The molecule has 76 valence electrons. The van der Waals surface area contributed by atoms with Gasteiger partial charge in [-0.05, 0) is 24.3 Å². The van der Waals surface area contributed by atoms with E-state index in [0.29, 0.717) is 18.4 Å². The molecule has 14 heavy (non-hydrogen) atoms. The molecule has 1 unspecified atom stereocenters. The Kier molecular flexibility index (Phi) is 2.32. The third-order valence-corrected chi connectivity index (χ3v) is 2.79. The maximum atomic E-state index is 10.9. The molecule has 1 N–H and O–H groups in total. The van der Waals surface area contributed by atoms with E-state index in [4.69, 9.17) is 4.74 Å². The number of fused-ring (bicyclic) bond motifs is 1. The van der Waals surface area contributed by atoms with E-state index in [-0.39, 0.29) is 6.09 Å². The minimum atomic E-state index is -0.337.